The molecule has 0 saturated heterocycles. The molecule has 4 heteroatoms. The molecule has 0 bridgehead atoms. The van der Waals surface area contributed by atoms with Crippen LogP contribution in [0.25, 0.3) is 0 Å². The number of ketones is 1. The summed E-state index contributed by atoms with van der Waals surface area (Å²) in [7, 11) is 0. The van der Waals surface area contributed by atoms with E-state index in [0.29, 0.717) is 22.1 Å². The van der Waals surface area contributed by atoms with Gasteiger partial charge in [-0.3, -0.25) is 4.79 Å². The zero-order chi connectivity index (χ0) is 13.1. The average Bonchev–Trinajstić information content (AvgIpc) is 2.28. The first-order valence-electron chi connectivity index (χ1n) is 5.30. The molecule has 0 N–H and O–H groups in total. The molecule has 0 saturated carbocycles. The Kier molecular flexibility index (Phi) is 4.04. The Balaban J connectivity index is 2.39. The first-order chi connectivity index (χ1) is 8.56. The molecule has 0 aliphatic heterocycles. The Morgan fingerprint density at radius 2 is 2.00 bits per heavy atom. The number of benzene rings is 2. The van der Waals surface area contributed by atoms with E-state index in [1.165, 1.54) is 6.92 Å². The topological polar surface area (TPSA) is 26.3 Å². The Morgan fingerprint density at radius 3 is 2.67 bits per heavy atom. The summed E-state index contributed by atoms with van der Waals surface area (Å²) in [5.74, 6) is 1.07. The molecule has 0 atom stereocenters. The lowest BCUT2D eigenvalue weighted by molar-refractivity contribution is 0.101. The molecule has 0 amide bonds. The fraction of sp³-hybridized carbons (Fsp3) is 0.0714. The molecule has 0 aliphatic carbocycles. The minimum Gasteiger partial charge on any atom is -0.457 e. The second kappa shape index (κ2) is 5.55. The molecule has 0 radical (unpaired) electrons. The number of hydrogen-bond donors (Lipinski definition) is 0. The van der Waals surface area contributed by atoms with Gasteiger partial charge in [-0.15, -0.1) is 0 Å². The molecule has 0 aromatic heterocycles. The van der Waals surface area contributed by atoms with Gasteiger partial charge >= 0.3 is 0 Å². The van der Waals surface area contributed by atoms with Crippen LogP contribution in [0.15, 0.2) is 46.9 Å². The van der Waals surface area contributed by atoms with Crippen LogP contribution in [-0.2, 0) is 0 Å². The fourth-order valence-electron chi connectivity index (χ4n) is 1.53. The van der Waals surface area contributed by atoms with Gasteiger partial charge in [0.1, 0.15) is 11.5 Å². The maximum Gasteiger partial charge on any atom is 0.163 e. The minimum absolute atomic E-state index is 0.0421. The second-order valence-electron chi connectivity index (χ2n) is 3.76. The molecule has 2 aromatic carbocycles. The van der Waals surface area contributed by atoms with E-state index in [-0.39, 0.29) is 5.78 Å². The molecule has 2 nitrogen and oxygen atoms in total. The molecule has 0 aliphatic rings. The van der Waals surface area contributed by atoms with Gasteiger partial charge in [0.25, 0.3) is 0 Å². The monoisotopic (exact) mass is 324 g/mol. The first kappa shape index (κ1) is 13.1. The molecular weight excluding hydrogens is 316 g/mol. The van der Waals surface area contributed by atoms with Gasteiger partial charge in [-0.25, -0.2) is 0 Å². The van der Waals surface area contributed by atoms with Gasteiger partial charge < -0.3 is 4.74 Å². The van der Waals surface area contributed by atoms with Gasteiger partial charge in [-0.1, -0.05) is 33.6 Å². The van der Waals surface area contributed by atoms with Crippen molar-refractivity contribution < 1.29 is 9.53 Å². The number of hydrogen-bond acceptors (Lipinski definition) is 2. The van der Waals surface area contributed by atoms with Crippen LogP contribution >= 0.6 is 27.5 Å². The van der Waals surface area contributed by atoms with Crippen molar-refractivity contribution in [1.29, 1.82) is 0 Å². The Morgan fingerprint density at radius 1 is 1.22 bits per heavy atom. The van der Waals surface area contributed by atoms with E-state index in [4.69, 9.17) is 16.3 Å². The molecule has 2 aromatic rings. The predicted molar refractivity (Wildman–Crippen MR) is 75.7 cm³/mol. The van der Waals surface area contributed by atoms with E-state index in [2.05, 4.69) is 15.9 Å². The van der Waals surface area contributed by atoms with Gasteiger partial charge in [0.2, 0.25) is 0 Å². The molecule has 0 unspecified atom stereocenters. The fourth-order valence-corrected chi connectivity index (χ4v) is 2.05. The lowest BCUT2D eigenvalue weighted by Gasteiger charge is -2.10. The predicted octanol–water partition coefficient (Wildman–Crippen LogP) is 5.10. The quantitative estimate of drug-likeness (QED) is 0.734. The third kappa shape index (κ3) is 3.12. The lowest BCUT2D eigenvalue weighted by Crippen LogP contribution is -1.97. The molecule has 92 valence electrons. The molecule has 18 heavy (non-hydrogen) atoms. The van der Waals surface area contributed by atoms with Crippen LogP contribution in [0.3, 0.4) is 0 Å². The zero-order valence-corrected chi connectivity index (χ0v) is 12.0. The molecule has 2 rings (SSSR count). The van der Waals surface area contributed by atoms with Crippen molar-refractivity contribution >= 4 is 33.3 Å². The van der Waals surface area contributed by atoms with Crippen molar-refractivity contribution in [3.8, 4) is 11.5 Å². The Labute approximate surface area is 119 Å². The van der Waals surface area contributed by atoms with Crippen LogP contribution in [0.1, 0.15) is 17.3 Å². The molecular formula is C14H10BrClO2. The SMILES string of the molecule is CC(=O)c1ccc(Br)cc1Oc1cccc(Cl)c1. The summed E-state index contributed by atoms with van der Waals surface area (Å²) in [6.07, 6.45) is 0. The highest BCUT2D eigenvalue weighted by atomic mass is 79.9. The highest BCUT2D eigenvalue weighted by Gasteiger charge is 2.10. The highest BCUT2D eigenvalue weighted by Crippen LogP contribution is 2.30. The van der Waals surface area contributed by atoms with E-state index in [1.54, 1.807) is 36.4 Å². The van der Waals surface area contributed by atoms with Crippen LogP contribution in [0.5, 0.6) is 11.5 Å². The zero-order valence-electron chi connectivity index (χ0n) is 9.61. The van der Waals surface area contributed by atoms with Crippen LogP contribution in [0.4, 0.5) is 0 Å². The number of rotatable bonds is 3. The summed E-state index contributed by atoms with van der Waals surface area (Å²) in [4.78, 5) is 11.5. The summed E-state index contributed by atoms with van der Waals surface area (Å²) in [6, 6.07) is 12.3. The maximum atomic E-state index is 11.5. The number of ether oxygens (including phenoxy) is 1. The van der Waals surface area contributed by atoms with E-state index in [1.807, 2.05) is 6.07 Å². The third-order valence-corrected chi connectivity index (χ3v) is 3.08. The van der Waals surface area contributed by atoms with E-state index >= 15 is 0 Å². The van der Waals surface area contributed by atoms with Crippen molar-refractivity contribution in [3.63, 3.8) is 0 Å². The van der Waals surface area contributed by atoms with Crippen LogP contribution in [0, 0.1) is 0 Å². The van der Waals surface area contributed by atoms with E-state index in [9.17, 15) is 4.79 Å². The third-order valence-electron chi connectivity index (χ3n) is 2.35. The summed E-state index contributed by atoms with van der Waals surface area (Å²) in [6.45, 7) is 1.51. The number of carbonyl (C=O) groups is 1. The van der Waals surface area contributed by atoms with Crippen molar-refractivity contribution in [2.24, 2.45) is 0 Å². The lowest BCUT2D eigenvalue weighted by atomic mass is 10.1. The standard InChI is InChI=1S/C14H10BrClO2/c1-9(17)13-6-5-10(15)7-14(13)18-12-4-2-3-11(16)8-12/h2-8H,1H3. The Hall–Kier alpha value is -1.32. The van der Waals surface area contributed by atoms with Crippen LogP contribution < -0.4 is 4.74 Å². The van der Waals surface area contributed by atoms with E-state index < -0.39 is 0 Å². The highest BCUT2D eigenvalue weighted by molar-refractivity contribution is 9.10. The number of carbonyl (C=O) groups excluding carboxylic acids is 1. The van der Waals surface area contributed by atoms with Crippen molar-refractivity contribution in [3.05, 3.63) is 57.5 Å². The second-order valence-corrected chi connectivity index (χ2v) is 5.11. The first-order valence-corrected chi connectivity index (χ1v) is 6.47. The largest absolute Gasteiger partial charge is 0.457 e. The van der Waals surface area contributed by atoms with Crippen molar-refractivity contribution in [2.45, 2.75) is 6.92 Å². The van der Waals surface area contributed by atoms with Gasteiger partial charge in [-0.05, 0) is 43.3 Å². The number of halogens is 2. The van der Waals surface area contributed by atoms with Crippen LogP contribution in [-0.4, -0.2) is 5.78 Å². The maximum absolute atomic E-state index is 11.5. The van der Waals surface area contributed by atoms with Crippen molar-refractivity contribution in [1.82, 2.24) is 0 Å². The molecule has 0 fully saturated rings. The Bertz CT molecular complexity index is 596. The molecule has 0 spiro atoms. The van der Waals surface area contributed by atoms with Gasteiger partial charge in [-0.2, -0.15) is 0 Å². The van der Waals surface area contributed by atoms with E-state index in [0.717, 1.165) is 4.47 Å². The van der Waals surface area contributed by atoms with Crippen LogP contribution in [0.2, 0.25) is 5.02 Å². The van der Waals surface area contributed by atoms with Gasteiger partial charge in [0, 0.05) is 9.50 Å². The average molecular weight is 326 g/mol. The smallest absolute Gasteiger partial charge is 0.163 e. The molecule has 0 heterocycles. The number of Topliss-reactive ketones (excluding diaryl/α,β-unsaturated/α-hetero) is 1. The summed E-state index contributed by atoms with van der Waals surface area (Å²) in [5.41, 5.74) is 0.540. The van der Waals surface area contributed by atoms with Gasteiger partial charge in [0.05, 0.1) is 5.56 Å². The summed E-state index contributed by atoms with van der Waals surface area (Å²) >= 11 is 9.24. The van der Waals surface area contributed by atoms with Crippen molar-refractivity contribution in [2.75, 3.05) is 0 Å². The normalized spacial score (nSPS) is 10.2. The minimum atomic E-state index is -0.0421. The summed E-state index contributed by atoms with van der Waals surface area (Å²) < 4.78 is 6.55. The van der Waals surface area contributed by atoms with Gasteiger partial charge in [0.15, 0.2) is 5.78 Å². The summed E-state index contributed by atoms with van der Waals surface area (Å²) in [5, 5.41) is 0.590.